The molecule has 0 saturated heterocycles. The molecule has 0 atom stereocenters. The molecule has 0 aliphatic heterocycles. The van der Waals surface area contributed by atoms with Crippen LogP contribution in [0.25, 0.3) is 17.0 Å². The van der Waals surface area contributed by atoms with Crippen LogP contribution >= 0.6 is 11.6 Å². The summed E-state index contributed by atoms with van der Waals surface area (Å²) >= 11 is 6.26. The third-order valence-electron chi connectivity index (χ3n) is 4.33. The van der Waals surface area contributed by atoms with Crippen LogP contribution in [-0.2, 0) is 17.5 Å². The zero-order valence-corrected chi connectivity index (χ0v) is 15.8. The number of carboxylic acid groups (broad SMARTS) is 1. The molecule has 0 amide bonds. The fourth-order valence-corrected chi connectivity index (χ4v) is 3.11. The van der Waals surface area contributed by atoms with Crippen molar-refractivity contribution in [1.29, 1.82) is 0 Å². The van der Waals surface area contributed by atoms with Gasteiger partial charge >= 0.3 is 12.1 Å². The Morgan fingerprint density at radius 3 is 2.57 bits per heavy atom. The third-order valence-corrected chi connectivity index (χ3v) is 4.68. The number of nitrogens with zero attached hydrogens (tertiary/aromatic N) is 2. The summed E-state index contributed by atoms with van der Waals surface area (Å²) in [5, 5.41) is 14.4. The van der Waals surface area contributed by atoms with Crippen LogP contribution < -0.4 is 0 Å². The number of alkyl halides is 3. The Labute approximate surface area is 163 Å². The maximum Gasteiger partial charge on any atom is 0.416 e. The smallest absolute Gasteiger partial charge is 0.416 e. The van der Waals surface area contributed by atoms with E-state index in [1.54, 1.807) is 12.1 Å². The molecule has 3 aromatic rings. The molecular formula is C20H16ClF3N2O2. The van der Waals surface area contributed by atoms with Crippen LogP contribution in [0, 0.1) is 6.92 Å². The van der Waals surface area contributed by atoms with Crippen molar-refractivity contribution in [3.8, 4) is 0 Å². The Morgan fingerprint density at radius 2 is 1.96 bits per heavy atom. The Hall–Kier alpha value is -2.80. The first-order valence-corrected chi connectivity index (χ1v) is 8.68. The van der Waals surface area contributed by atoms with Crippen LogP contribution in [-0.4, -0.2) is 20.9 Å². The highest BCUT2D eigenvalue weighted by atomic mass is 35.5. The summed E-state index contributed by atoms with van der Waals surface area (Å²) in [6.07, 6.45) is -3.16. The van der Waals surface area contributed by atoms with Gasteiger partial charge in [0.25, 0.3) is 0 Å². The number of aliphatic carboxylic acids is 1. The van der Waals surface area contributed by atoms with Gasteiger partial charge in [-0.25, -0.2) is 4.79 Å². The van der Waals surface area contributed by atoms with Gasteiger partial charge in [-0.3, -0.25) is 4.68 Å². The van der Waals surface area contributed by atoms with Crippen LogP contribution in [0.2, 0.25) is 5.02 Å². The first-order valence-electron chi connectivity index (χ1n) is 8.30. The number of rotatable bonds is 4. The van der Waals surface area contributed by atoms with E-state index >= 15 is 0 Å². The van der Waals surface area contributed by atoms with E-state index in [0.717, 1.165) is 17.7 Å². The standard InChI is InChI=1S/C20H16ClF3N2O2/c1-11-3-4-13(16(21)7-11)10-26-18-9-14(20(22,23)24)5-6-15(18)17(25-26)8-12(2)19(27)28/h3-9H,10H2,1-2H3,(H,27,28)/b12-8+. The van der Waals surface area contributed by atoms with Crippen molar-refractivity contribution in [3.63, 3.8) is 0 Å². The predicted molar refractivity (Wildman–Crippen MR) is 101 cm³/mol. The number of aryl methyl sites for hydroxylation is 1. The minimum Gasteiger partial charge on any atom is -0.478 e. The van der Waals surface area contributed by atoms with Gasteiger partial charge in [-0.2, -0.15) is 18.3 Å². The van der Waals surface area contributed by atoms with Gasteiger partial charge in [-0.05, 0) is 55.3 Å². The summed E-state index contributed by atoms with van der Waals surface area (Å²) in [6, 6.07) is 8.68. The molecule has 0 fully saturated rings. The number of carbonyl (C=O) groups is 1. The second-order valence-electron chi connectivity index (χ2n) is 6.50. The quantitative estimate of drug-likeness (QED) is 0.575. The number of hydrogen-bond acceptors (Lipinski definition) is 2. The van der Waals surface area contributed by atoms with Crippen LogP contribution in [0.1, 0.15) is 29.3 Å². The molecule has 4 nitrogen and oxygen atoms in total. The molecule has 0 aliphatic carbocycles. The van der Waals surface area contributed by atoms with Gasteiger partial charge in [0.05, 0.1) is 23.3 Å². The Balaban J connectivity index is 2.18. The molecule has 2 aromatic carbocycles. The maximum absolute atomic E-state index is 13.2. The second kappa shape index (κ2) is 7.31. The van der Waals surface area contributed by atoms with Gasteiger partial charge in [-0.15, -0.1) is 0 Å². The van der Waals surface area contributed by atoms with E-state index in [9.17, 15) is 18.0 Å². The lowest BCUT2D eigenvalue weighted by Crippen LogP contribution is -2.06. The van der Waals surface area contributed by atoms with Crippen molar-refractivity contribution in [3.05, 3.63) is 69.4 Å². The molecule has 1 aromatic heterocycles. The summed E-state index contributed by atoms with van der Waals surface area (Å²) < 4.78 is 40.9. The molecule has 146 valence electrons. The number of fused-ring (bicyclic) bond motifs is 1. The zero-order chi connectivity index (χ0) is 20.6. The molecule has 8 heteroatoms. The van der Waals surface area contributed by atoms with Crippen LogP contribution in [0.5, 0.6) is 0 Å². The Kier molecular flexibility index (Phi) is 5.21. The fraction of sp³-hybridized carbons (Fsp3) is 0.200. The molecule has 1 N–H and O–H groups in total. The van der Waals surface area contributed by atoms with Crippen molar-refractivity contribution < 1.29 is 23.1 Å². The largest absolute Gasteiger partial charge is 0.478 e. The number of benzene rings is 2. The van der Waals surface area contributed by atoms with Crippen molar-refractivity contribution in [1.82, 2.24) is 9.78 Å². The summed E-state index contributed by atoms with van der Waals surface area (Å²) in [6.45, 7) is 3.43. The molecular weight excluding hydrogens is 393 g/mol. The summed E-state index contributed by atoms with van der Waals surface area (Å²) in [7, 11) is 0. The van der Waals surface area contributed by atoms with Crippen molar-refractivity contribution >= 4 is 34.5 Å². The SMILES string of the molecule is C/C(=C\c1nn(Cc2ccc(C)cc2Cl)c2cc(C(F)(F)F)ccc12)C(=O)O. The van der Waals surface area contributed by atoms with Gasteiger partial charge in [-0.1, -0.05) is 23.7 Å². The van der Waals surface area contributed by atoms with E-state index in [4.69, 9.17) is 16.7 Å². The molecule has 0 saturated carbocycles. The van der Waals surface area contributed by atoms with Gasteiger partial charge < -0.3 is 5.11 Å². The maximum atomic E-state index is 13.2. The van der Waals surface area contributed by atoms with Crippen molar-refractivity contribution in [2.24, 2.45) is 0 Å². The minimum atomic E-state index is -4.50. The van der Waals surface area contributed by atoms with Crippen LogP contribution in [0.4, 0.5) is 13.2 Å². The molecule has 1 heterocycles. The summed E-state index contributed by atoms with van der Waals surface area (Å²) in [5.74, 6) is -1.13. The molecule has 0 bridgehead atoms. The highest BCUT2D eigenvalue weighted by molar-refractivity contribution is 6.31. The lowest BCUT2D eigenvalue weighted by atomic mass is 10.1. The Morgan fingerprint density at radius 1 is 1.25 bits per heavy atom. The normalized spacial score (nSPS) is 12.6. The number of carboxylic acids is 1. The summed E-state index contributed by atoms with van der Waals surface area (Å²) in [5.41, 5.74) is 1.41. The van der Waals surface area contributed by atoms with Gasteiger partial charge in [0.2, 0.25) is 0 Å². The molecule has 3 rings (SSSR count). The van der Waals surface area contributed by atoms with Gasteiger partial charge in [0.15, 0.2) is 0 Å². The van der Waals surface area contributed by atoms with E-state index in [1.165, 1.54) is 23.7 Å². The number of halogens is 4. The van der Waals surface area contributed by atoms with Gasteiger partial charge in [0.1, 0.15) is 0 Å². The highest BCUT2D eigenvalue weighted by Crippen LogP contribution is 2.33. The molecule has 0 aliphatic rings. The van der Waals surface area contributed by atoms with Crippen molar-refractivity contribution in [2.45, 2.75) is 26.6 Å². The van der Waals surface area contributed by atoms with E-state index < -0.39 is 17.7 Å². The average molecular weight is 409 g/mol. The number of hydrogen-bond donors (Lipinski definition) is 1. The Bertz CT molecular complexity index is 1100. The van der Waals surface area contributed by atoms with Gasteiger partial charge in [0, 0.05) is 16.0 Å². The van der Waals surface area contributed by atoms with Crippen LogP contribution in [0.15, 0.2) is 42.0 Å². The average Bonchev–Trinajstić information content (AvgIpc) is 2.93. The van der Waals surface area contributed by atoms with E-state index in [1.807, 2.05) is 13.0 Å². The predicted octanol–water partition coefficient (Wildman–Crippen LogP) is 5.55. The summed E-state index contributed by atoms with van der Waals surface area (Å²) in [4.78, 5) is 11.1. The molecule has 28 heavy (non-hydrogen) atoms. The first kappa shape index (κ1) is 19.9. The molecule has 0 unspecified atom stereocenters. The highest BCUT2D eigenvalue weighted by Gasteiger charge is 2.31. The van der Waals surface area contributed by atoms with Crippen LogP contribution in [0.3, 0.4) is 0 Å². The van der Waals surface area contributed by atoms with E-state index in [2.05, 4.69) is 5.10 Å². The second-order valence-corrected chi connectivity index (χ2v) is 6.91. The first-order chi connectivity index (χ1) is 13.1. The zero-order valence-electron chi connectivity index (χ0n) is 15.0. The lowest BCUT2D eigenvalue weighted by Gasteiger charge is -2.09. The van der Waals surface area contributed by atoms with E-state index in [0.29, 0.717) is 16.0 Å². The molecule has 0 radical (unpaired) electrons. The van der Waals surface area contributed by atoms with Crippen molar-refractivity contribution in [2.75, 3.05) is 0 Å². The minimum absolute atomic E-state index is 0.0276. The fourth-order valence-electron chi connectivity index (χ4n) is 2.81. The monoisotopic (exact) mass is 408 g/mol. The number of aromatic nitrogens is 2. The third kappa shape index (κ3) is 4.04. The molecule has 0 spiro atoms. The van der Waals surface area contributed by atoms with E-state index in [-0.39, 0.29) is 23.3 Å². The lowest BCUT2D eigenvalue weighted by molar-refractivity contribution is -0.137. The topological polar surface area (TPSA) is 55.1 Å².